The lowest BCUT2D eigenvalue weighted by Crippen LogP contribution is -2.30. The number of hydrogen-bond donors (Lipinski definition) is 0. The van der Waals surface area contributed by atoms with Gasteiger partial charge in [0.15, 0.2) is 0 Å². The van der Waals surface area contributed by atoms with Gasteiger partial charge in [-0.25, -0.2) is 0 Å². The highest BCUT2D eigenvalue weighted by Gasteiger charge is 2.43. The van der Waals surface area contributed by atoms with Crippen molar-refractivity contribution in [3.63, 3.8) is 0 Å². The smallest absolute Gasteiger partial charge is 0.122 e. The van der Waals surface area contributed by atoms with Gasteiger partial charge in [-0.15, -0.1) is 0 Å². The fourth-order valence-electron chi connectivity index (χ4n) is 3.88. The first-order valence-electron chi connectivity index (χ1n) is 8.29. The molecule has 23 heavy (non-hydrogen) atoms. The molecule has 2 heterocycles. The second-order valence-corrected chi connectivity index (χ2v) is 6.97. The van der Waals surface area contributed by atoms with E-state index < -0.39 is 0 Å². The Morgan fingerprint density at radius 3 is 2.43 bits per heavy atom. The van der Waals surface area contributed by atoms with Crippen molar-refractivity contribution in [3.05, 3.63) is 23.8 Å². The van der Waals surface area contributed by atoms with E-state index in [1.54, 1.807) is 14.2 Å². The lowest BCUT2D eigenvalue weighted by molar-refractivity contribution is 0.0921. The molecule has 2 fully saturated rings. The van der Waals surface area contributed by atoms with Gasteiger partial charge < -0.3 is 19.1 Å². The lowest BCUT2D eigenvalue weighted by Gasteiger charge is -2.22. The molecule has 1 aromatic rings. The Morgan fingerprint density at radius 1 is 1.13 bits per heavy atom. The average molecular weight is 320 g/mol. The lowest BCUT2D eigenvalue weighted by atomic mass is 9.93. The molecule has 2 aliphatic rings. The van der Waals surface area contributed by atoms with Gasteiger partial charge in [0.25, 0.3) is 0 Å². The average Bonchev–Trinajstić information content (AvgIpc) is 3.08. The third-order valence-electron chi connectivity index (χ3n) is 4.93. The van der Waals surface area contributed by atoms with Crippen LogP contribution in [-0.4, -0.2) is 70.5 Å². The monoisotopic (exact) mass is 320 g/mol. The first kappa shape index (κ1) is 16.6. The molecule has 0 aromatic heterocycles. The number of fused-ring (bicyclic) bond motifs is 1. The van der Waals surface area contributed by atoms with Crippen LogP contribution in [0.5, 0.6) is 11.5 Å². The zero-order valence-corrected chi connectivity index (χ0v) is 14.6. The fourth-order valence-corrected chi connectivity index (χ4v) is 3.88. The zero-order valence-electron chi connectivity index (χ0n) is 14.6. The van der Waals surface area contributed by atoms with Crippen LogP contribution < -0.4 is 9.47 Å². The highest BCUT2D eigenvalue weighted by Crippen LogP contribution is 2.35. The minimum absolute atomic E-state index is 0.396. The molecule has 0 aliphatic carbocycles. The van der Waals surface area contributed by atoms with E-state index in [0.29, 0.717) is 17.9 Å². The van der Waals surface area contributed by atoms with Gasteiger partial charge in [0.05, 0.1) is 26.9 Å². The summed E-state index contributed by atoms with van der Waals surface area (Å²) < 4.78 is 16.8. The molecular weight excluding hydrogens is 292 g/mol. The predicted octanol–water partition coefficient (Wildman–Crippen LogP) is 1.71. The van der Waals surface area contributed by atoms with Crippen molar-refractivity contribution < 1.29 is 14.2 Å². The van der Waals surface area contributed by atoms with Gasteiger partial charge in [-0.1, -0.05) is 0 Å². The van der Waals surface area contributed by atoms with Crippen molar-refractivity contribution in [2.75, 3.05) is 54.6 Å². The van der Waals surface area contributed by atoms with Crippen LogP contribution in [0.25, 0.3) is 0 Å². The van der Waals surface area contributed by atoms with Crippen LogP contribution in [0.3, 0.4) is 0 Å². The number of hydrogen-bond acceptors (Lipinski definition) is 5. The highest BCUT2D eigenvalue weighted by molar-refractivity contribution is 5.38. The van der Waals surface area contributed by atoms with Crippen molar-refractivity contribution in [1.82, 2.24) is 9.80 Å². The van der Waals surface area contributed by atoms with Gasteiger partial charge in [0.2, 0.25) is 0 Å². The molecule has 5 heteroatoms. The van der Waals surface area contributed by atoms with Crippen LogP contribution in [0.1, 0.15) is 5.56 Å². The molecule has 2 saturated heterocycles. The Balaban J connectivity index is 1.64. The SMILES string of the molecule is COc1cc(CN2C[C@@H]3[C@H](CN(C)C)CO[C@@H]3C2)cc(OC)c1. The van der Waals surface area contributed by atoms with Crippen molar-refractivity contribution in [2.24, 2.45) is 11.8 Å². The Hall–Kier alpha value is -1.30. The summed E-state index contributed by atoms with van der Waals surface area (Å²) in [4.78, 5) is 4.76. The van der Waals surface area contributed by atoms with Crippen LogP contribution in [0.15, 0.2) is 18.2 Å². The first-order valence-corrected chi connectivity index (χ1v) is 8.29. The van der Waals surface area contributed by atoms with E-state index in [1.165, 1.54) is 5.56 Å². The molecule has 0 N–H and O–H groups in total. The number of nitrogens with zero attached hydrogens (tertiary/aromatic N) is 2. The first-order chi connectivity index (χ1) is 11.1. The van der Waals surface area contributed by atoms with Gasteiger partial charge in [0, 0.05) is 44.1 Å². The van der Waals surface area contributed by atoms with Crippen molar-refractivity contribution in [1.29, 1.82) is 0 Å². The third kappa shape index (κ3) is 3.79. The van der Waals surface area contributed by atoms with E-state index in [9.17, 15) is 0 Å². The number of rotatable bonds is 6. The summed E-state index contributed by atoms with van der Waals surface area (Å²) in [6, 6.07) is 6.10. The molecule has 3 rings (SSSR count). The van der Waals surface area contributed by atoms with Gasteiger partial charge in [0.1, 0.15) is 11.5 Å². The third-order valence-corrected chi connectivity index (χ3v) is 4.93. The van der Waals surface area contributed by atoms with Gasteiger partial charge in [-0.3, -0.25) is 4.90 Å². The van der Waals surface area contributed by atoms with Crippen LogP contribution in [0.4, 0.5) is 0 Å². The highest BCUT2D eigenvalue weighted by atomic mass is 16.5. The molecule has 0 unspecified atom stereocenters. The molecule has 2 aliphatic heterocycles. The Morgan fingerprint density at radius 2 is 1.83 bits per heavy atom. The molecule has 3 atom stereocenters. The molecule has 0 saturated carbocycles. The molecule has 1 aromatic carbocycles. The normalized spacial score (nSPS) is 27.4. The van der Waals surface area contributed by atoms with Crippen molar-refractivity contribution >= 4 is 0 Å². The maximum atomic E-state index is 6.03. The molecule has 5 nitrogen and oxygen atoms in total. The maximum Gasteiger partial charge on any atom is 0.122 e. The van der Waals surface area contributed by atoms with Gasteiger partial charge in [-0.2, -0.15) is 0 Å². The molecule has 0 amide bonds. The molecule has 0 radical (unpaired) electrons. The van der Waals surface area contributed by atoms with E-state index >= 15 is 0 Å². The van der Waals surface area contributed by atoms with Crippen LogP contribution in [0.2, 0.25) is 0 Å². The van der Waals surface area contributed by atoms with E-state index in [4.69, 9.17) is 14.2 Å². The van der Waals surface area contributed by atoms with Crippen LogP contribution in [0, 0.1) is 11.8 Å². The van der Waals surface area contributed by atoms with E-state index in [0.717, 1.165) is 44.3 Å². The zero-order chi connectivity index (χ0) is 16.4. The van der Waals surface area contributed by atoms with Crippen LogP contribution >= 0.6 is 0 Å². The van der Waals surface area contributed by atoms with Crippen molar-refractivity contribution in [2.45, 2.75) is 12.6 Å². The number of methoxy groups -OCH3 is 2. The van der Waals surface area contributed by atoms with Gasteiger partial charge >= 0.3 is 0 Å². The Labute approximate surface area is 139 Å². The number of ether oxygens (including phenoxy) is 3. The Bertz CT molecular complexity index is 513. The summed E-state index contributed by atoms with van der Waals surface area (Å²) >= 11 is 0. The fraction of sp³-hybridized carbons (Fsp3) is 0.667. The predicted molar refractivity (Wildman–Crippen MR) is 90.1 cm³/mol. The molecular formula is C18H28N2O3. The maximum absolute atomic E-state index is 6.03. The summed E-state index contributed by atoms with van der Waals surface area (Å²) in [5.74, 6) is 3.01. The number of likely N-dealkylation sites (tertiary alicyclic amines) is 1. The summed E-state index contributed by atoms with van der Waals surface area (Å²) in [6.45, 7) is 5.08. The summed E-state index contributed by atoms with van der Waals surface area (Å²) in [7, 11) is 7.67. The minimum Gasteiger partial charge on any atom is -0.497 e. The summed E-state index contributed by atoms with van der Waals surface area (Å²) in [6.07, 6.45) is 0.396. The van der Waals surface area contributed by atoms with E-state index in [2.05, 4.69) is 36.0 Å². The second kappa shape index (κ2) is 7.07. The molecule has 0 spiro atoms. The van der Waals surface area contributed by atoms with Crippen molar-refractivity contribution in [3.8, 4) is 11.5 Å². The quantitative estimate of drug-likeness (QED) is 0.797. The van der Waals surface area contributed by atoms with E-state index in [-0.39, 0.29) is 0 Å². The van der Waals surface area contributed by atoms with E-state index in [1.807, 2.05) is 6.07 Å². The largest absolute Gasteiger partial charge is 0.497 e. The Kier molecular flexibility index (Phi) is 5.09. The van der Waals surface area contributed by atoms with Gasteiger partial charge in [-0.05, 0) is 31.8 Å². The molecule has 128 valence electrons. The van der Waals surface area contributed by atoms with Crippen LogP contribution in [-0.2, 0) is 11.3 Å². The topological polar surface area (TPSA) is 34.2 Å². The standard InChI is InChI=1S/C18H28N2O3/c1-19(2)9-14-12-23-18-11-20(10-17(14)18)8-13-5-15(21-3)7-16(6-13)22-4/h5-7,14,17-18H,8-12H2,1-4H3/t14-,17-,18-/m1/s1. The number of benzene rings is 1. The molecule has 0 bridgehead atoms. The summed E-state index contributed by atoms with van der Waals surface area (Å²) in [5.41, 5.74) is 1.23. The summed E-state index contributed by atoms with van der Waals surface area (Å²) in [5, 5.41) is 0. The second-order valence-electron chi connectivity index (χ2n) is 6.97. The minimum atomic E-state index is 0.396.